The molecule has 0 aromatic heterocycles. The van der Waals surface area contributed by atoms with Gasteiger partial charge in [-0.25, -0.2) is 0 Å². The van der Waals surface area contributed by atoms with Gasteiger partial charge in [-0.15, -0.1) is 0 Å². The van der Waals surface area contributed by atoms with E-state index in [-0.39, 0.29) is 25.0 Å². The van der Waals surface area contributed by atoms with Crippen LogP contribution in [-0.2, 0) is 16.1 Å². The third-order valence-electron chi connectivity index (χ3n) is 4.23. The van der Waals surface area contributed by atoms with Gasteiger partial charge in [0.1, 0.15) is 11.8 Å². The van der Waals surface area contributed by atoms with Crippen LogP contribution < -0.4 is 10.1 Å². The number of benzene rings is 2. The normalized spacial score (nSPS) is 11.6. The van der Waals surface area contributed by atoms with Crippen molar-refractivity contribution in [2.24, 2.45) is 0 Å². The molecule has 2 rings (SSSR count). The van der Waals surface area contributed by atoms with Gasteiger partial charge in [0.2, 0.25) is 5.91 Å². The summed E-state index contributed by atoms with van der Waals surface area (Å²) in [5.74, 6) is -0.0442. The molecule has 5 nitrogen and oxygen atoms in total. The van der Waals surface area contributed by atoms with Crippen LogP contribution in [0.3, 0.4) is 0 Å². The Balaban J connectivity index is 2.15. The highest BCUT2D eigenvalue weighted by atomic mass is 35.5. The molecule has 1 atom stereocenters. The minimum atomic E-state index is -0.683. The fourth-order valence-electron chi connectivity index (χ4n) is 2.57. The predicted molar refractivity (Wildman–Crippen MR) is 117 cm³/mol. The molecule has 0 aliphatic rings. The monoisotopic (exact) mass is 456 g/mol. The molecule has 0 saturated carbocycles. The molecule has 0 fully saturated rings. The van der Waals surface area contributed by atoms with Gasteiger partial charge in [-0.2, -0.15) is 0 Å². The fraction of sp³-hybridized carbons (Fsp3) is 0.333. The van der Waals surface area contributed by atoms with Crippen molar-refractivity contribution in [1.29, 1.82) is 0 Å². The van der Waals surface area contributed by atoms with Crippen LogP contribution in [0.4, 0.5) is 0 Å². The molecule has 1 N–H and O–H groups in total. The van der Waals surface area contributed by atoms with Crippen LogP contribution in [0.5, 0.6) is 5.75 Å². The molecule has 0 aliphatic heterocycles. The third kappa shape index (κ3) is 7.11. The van der Waals surface area contributed by atoms with Crippen molar-refractivity contribution in [3.63, 3.8) is 0 Å². The lowest BCUT2D eigenvalue weighted by molar-refractivity contribution is -0.142. The highest BCUT2D eigenvalue weighted by Crippen LogP contribution is 2.24. The Bertz CT molecular complexity index is 844. The molecule has 0 spiro atoms. The number of amides is 2. The molecule has 0 radical (unpaired) electrons. The first kappa shape index (κ1) is 23.3. The predicted octanol–water partition coefficient (Wildman–Crippen LogP) is 4.97. The van der Waals surface area contributed by atoms with E-state index < -0.39 is 6.04 Å². The standard InChI is InChI=1S/C21H23Cl3N2O3/c1-3-10-25-21(28)14(2)26(12-15-4-9-18(23)19(24)11-15)20(27)13-29-17-7-5-16(22)6-8-17/h4-9,11,14H,3,10,12-13H2,1-2H3,(H,25,28)/t14-/m0/s1. The summed E-state index contributed by atoms with van der Waals surface area (Å²) in [6.07, 6.45) is 0.804. The molecular formula is C21H23Cl3N2O3. The smallest absolute Gasteiger partial charge is 0.261 e. The zero-order valence-electron chi connectivity index (χ0n) is 16.3. The van der Waals surface area contributed by atoms with Crippen molar-refractivity contribution in [2.75, 3.05) is 13.2 Å². The molecule has 0 unspecified atom stereocenters. The molecule has 0 saturated heterocycles. The Kier molecular flexibility index (Phi) is 9.08. The maximum atomic E-state index is 12.9. The Labute approximate surface area is 185 Å². The van der Waals surface area contributed by atoms with Gasteiger partial charge in [0.25, 0.3) is 5.91 Å². The van der Waals surface area contributed by atoms with E-state index in [0.29, 0.717) is 27.4 Å². The minimum Gasteiger partial charge on any atom is -0.484 e. The number of carbonyl (C=O) groups excluding carboxylic acids is 2. The molecule has 29 heavy (non-hydrogen) atoms. The summed E-state index contributed by atoms with van der Waals surface area (Å²) in [5, 5.41) is 4.20. The van der Waals surface area contributed by atoms with Crippen LogP contribution in [0.2, 0.25) is 15.1 Å². The molecular weight excluding hydrogens is 435 g/mol. The first-order valence-electron chi connectivity index (χ1n) is 9.21. The minimum absolute atomic E-state index is 0.195. The molecule has 8 heteroatoms. The van der Waals surface area contributed by atoms with Gasteiger partial charge < -0.3 is 15.0 Å². The van der Waals surface area contributed by atoms with E-state index >= 15 is 0 Å². The van der Waals surface area contributed by atoms with E-state index in [1.165, 1.54) is 4.90 Å². The van der Waals surface area contributed by atoms with Crippen molar-refractivity contribution in [3.8, 4) is 5.75 Å². The average molecular weight is 458 g/mol. The second-order valence-electron chi connectivity index (χ2n) is 6.48. The van der Waals surface area contributed by atoms with Crippen molar-refractivity contribution in [3.05, 3.63) is 63.1 Å². The topological polar surface area (TPSA) is 58.6 Å². The molecule has 0 bridgehead atoms. The molecule has 2 amide bonds. The lowest BCUT2D eigenvalue weighted by Gasteiger charge is -2.28. The fourth-order valence-corrected chi connectivity index (χ4v) is 3.02. The summed E-state index contributed by atoms with van der Waals surface area (Å²) in [4.78, 5) is 26.8. The van der Waals surface area contributed by atoms with Crippen LogP contribution >= 0.6 is 34.8 Å². The average Bonchev–Trinajstić information content (AvgIpc) is 2.71. The number of carbonyl (C=O) groups is 2. The SMILES string of the molecule is CCCNC(=O)[C@H](C)N(Cc1ccc(Cl)c(Cl)c1)C(=O)COc1ccc(Cl)cc1. The number of nitrogens with zero attached hydrogens (tertiary/aromatic N) is 1. The molecule has 2 aromatic rings. The van der Waals surface area contributed by atoms with E-state index in [1.54, 1.807) is 49.4 Å². The van der Waals surface area contributed by atoms with Crippen molar-refractivity contribution < 1.29 is 14.3 Å². The number of hydrogen-bond donors (Lipinski definition) is 1. The molecule has 0 aliphatic carbocycles. The van der Waals surface area contributed by atoms with Crippen molar-refractivity contribution >= 4 is 46.6 Å². The zero-order valence-corrected chi connectivity index (χ0v) is 18.5. The van der Waals surface area contributed by atoms with Crippen LogP contribution in [0.25, 0.3) is 0 Å². The summed E-state index contributed by atoms with van der Waals surface area (Å²) < 4.78 is 5.57. The zero-order chi connectivity index (χ0) is 21.4. The highest BCUT2D eigenvalue weighted by molar-refractivity contribution is 6.42. The molecule has 0 heterocycles. The van der Waals surface area contributed by atoms with E-state index in [0.717, 1.165) is 12.0 Å². The van der Waals surface area contributed by atoms with Crippen LogP contribution in [-0.4, -0.2) is 35.9 Å². The summed E-state index contributed by atoms with van der Waals surface area (Å²) in [5.41, 5.74) is 0.759. The van der Waals surface area contributed by atoms with Gasteiger partial charge in [-0.3, -0.25) is 9.59 Å². The van der Waals surface area contributed by atoms with Crippen molar-refractivity contribution in [1.82, 2.24) is 10.2 Å². The Hall–Kier alpha value is -1.95. The maximum absolute atomic E-state index is 12.9. The molecule has 156 valence electrons. The van der Waals surface area contributed by atoms with Crippen molar-refractivity contribution in [2.45, 2.75) is 32.9 Å². The first-order valence-corrected chi connectivity index (χ1v) is 10.3. The van der Waals surface area contributed by atoms with Crippen LogP contribution in [0.1, 0.15) is 25.8 Å². The van der Waals surface area contributed by atoms with Crippen LogP contribution in [0.15, 0.2) is 42.5 Å². The second-order valence-corrected chi connectivity index (χ2v) is 7.73. The summed E-state index contributed by atoms with van der Waals surface area (Å²) in [7, 11) is 0. The number of halogens is 3. The summed E-state index contributed by atoms with van der Waals surface area (Å²) >= 11 is 17.9. The Morgan fingerprint density at radius 1 is 1.07 bits per heavy atom. The van der Waals surface area contributed by atoms with E-state index in [1.807, 2.05) is 6.92 Å². The van der Waals surface area contributed by atoms with Gasteiger partial charge in [0.15, 0.2) is 6.61 Å². The number of nitrogens with one attached hydrogen (secondary N) is 1. The van der Waals surface area contributed by atoms with E-state index in [9.17, 15) is 9.59 Å². The quantitative estimate of drug-likeness (QED) is 0.578. The van der Waals surface area contributed by atoms with Gasteiger partial charge >= 0.3 is 0 Å². The Morgan fingerprint density at radius 2 is 1.76 bits per heavy atom. The largest absolute Gasteiger partial charge is 0.484 e. The van der Waals surface area contributed by atoms with Crippen LogP contribution in [0, 0.1) is 0 Å². The van der Waals surface area contributed by atoms with Gasteiger partial charge in [0, 0.05) is 18.1 Å². The Morgan fingerprint density at radius 3 is 2.38 bits per heavy atom. The second kappa shape index (κ2) is 11.3. The first-order chi connectivity index (χ1) is 13.8. The highest BCUT2D eigenvalue weighted by Gasteiger charge is 2.26. The van der Waals surface area contributed by atoms with E-state index in [4.69, 9.17) is 39.5 Å². The van der Waals surface area contributed by atoms with Gasteiger partial charge in [-0.05, 0) is 55.3 Å². The lowest BCUT2D eigenvalue weighted by atomic mass is 10.1. The van der Waals surface area contributed by atoms with Gasteiger partial charge in [0.05, 0.1) is 10.0 Å². The number of ether oxygens (including phenoxy) is 1. The number of rotatable bonds is 9. The lowest BCUT2D eigenvalue weighted by Crippen LogP contribution is -2.49. The van der Waals surface area contributed by atoms with E-state index in [2.05, 4.69) is 5.32 Å². The number of hydrogen-bond acceptors (Lipinski definition) is 3. The third-order valence-corrected chi connectivity index (χ3v) is 5.22. The maximum Gasteiger partial charge on any atom is 0.261 e. The van der Waals surface area contributed by atoms with Gasteiger partial charge in [-0.1, -0.05) is 47.8 Å². The molecule has 2 aromatic carbocycles. The summed E-state index contributed by atoms with van der Waals surface area (Å²) in [6, 6.07) is 11.1. The summed E-state index contributed by atoms with van der Waals surface area (Å²) in [6.45, 7) is 4.17.